The average Bonchev–Trinajstić information content (AvgIpc) is 3.29. The molecular formula is C24H23F9N6O. The smallest absolute Gasteiger partial charge is 0.379 e. The van der Waals surface area contributed by atoms with Crippen molar-refractivity contribution in [2.45, 2.75) is 38.2 Å². The van der Waals surface area contributed by atoms with Crippen LogP contribution in [0.2, 0.25) is 0 Å². The minimum absolute atomic E-state index is 0.00164. The monoisotopic (exact) mass is 582 g/mol. The zero-order valence-corrected chi connectivity index (χ0v) is 20.9. The van der Waals surface area contributed by atoms with Gasteiger partial charge in [0.05, 0.1) is 37.0 Å². The van der Waals surface area contributed by atoms with Gasteiger partial charge in [-0.1, -0.05) is 11.2 Å². The van der Waals surface area contributed by atoms with E-state index in [0.717, 1.165) is 16.9 Å². The quantitative estimate of drug-likeness (QED) is 0.353. The summed E-state index contributed by atoms with van der Waals surface area (Å²) in [5, 5.41) is 11.4. The van der Waals surface area contributed by atoms with Crippen LogP contribution >= 0.6 is 0 Å². The molecule has 0 radical (unpaired) electrons. The number of nitrogens with zero attached hydrogens (tertiary/aromatic N) is 6. The molecule has 218 valence electrons. The topological polar surface area (TPSA) is 59.3 Å². The van der Waals surface area contributed by atoms with Crippen LogP contribution in [0.15, 0.2) is 36.4 Å². The van der Waals surface area contributed by atoms with Gasteiger partial charge in [-0.05, 0) is 52.2 Å². The number of aryl methyl sites for hydroxylation is 1. The van der Waals surface area contributed by atoms with Crippen molar-refractivity contribution in [1.82, 2.24) is 25.1 Å². The van der Waals surface area contributed by atoms with Gasteiger partial charge in [0, 0.05) is 32.7 Å². The van der Waals surface area contributed by atoms with E-state index in [0.29, 0.717) is 44.0 Å². The second-order valence-corrected chi connectivity index (χ2v) is 9.22. The second kappa shape index (κ2) is 11.2. The average molecular weight is 582 g/mol. The lowest BCUT2D eigenvalue weighted by atomic mass is 10.0. The highest BCUT2D eigenvalue weighted by molar-refractivity contribution is 5.41. The van der Waals surface area contributed by atoms with Crippen molar-refractivity contribution in [1.29, 1.82) is 0 Å². The van der Waals surface area contributed by atoms with Crippen LogP contribution in [0.3, 0.4) is 0 Å². The number of ether oxygens (including phenoxy) is 1. The number of anilines is 1. The van der Waals surface area contributed by atoms with Gasteiger partial charge in [0.15, 0.2) is 0 Å². The number of hydrogen-bond acceptors (Lipinski definition) is 6. The van der Waals surface area contributed by atoms with E-state index in [1.807, 2.05) is 4.90 Å². The number of alkyl halides is 9. The number of tetrazole rings is 1. The van der Waals surface area contributed by atoms with Gasteiger partial charge in [0.2, 0.25) is 0 Å². The first-order valence-electron chi connectivity index (χ1n) is 11.9. The molecule has 0 saturated carbocycles. The molecule has 40 heavy (non-hydrogen) atoms. The van der Waals surface area contributed by atoms with Crippen LogP contribution in [0.25, 0.3) is 0 Å². The number of aromatic nitrogens is 4. The van der Waals surface area contributed by atoms with Gasteiger partial charge in [-0.3, -0.25) is 4.90 Å². The van der Waals surface area contributed by atoms with E-state index in [1.165, 1.54) is 18.0 Å². The molecule has 7 nitrogen and oxygen atoms in total. The predicted octanol–water partition coefficient (Wildman–Crippen LogP) is 5.31. The standard InChI is InChI=1S/C24H23F9N6O/c1-37-35-21(34-36-37)39(12-15-8-19(23(28,29)30)11-20(9-15)24(31,32)33)14-17-10-18(22(25,26)27)3-2-16(17)13-38-4-6-40-7-5-38/h2-3,8-11H,4-7,12-14H2,1H3. The largest absolute Gasteiger partial charge is 0.416 e. The number of benzene rings is 2. The van der Waals surface area contributed by atoms with Gasteiger partial charge in [-0.15, -0.1) is 5.10 Å². The predicted molar refractivity (Wildman–Crippen MR) is 123 cm³/mol. The molecule has 1 aliphatic rings. The fourth-order valence-electron chi connectivity index (χ4n) is 4.24. The first-order chi connectivity index (χ1) is 18.6. The summed E-state index contributed by atoms with van der Waals surface area (Å²) in [5.74, 6) is -0.191. The van der Waals surface area contributed by atoms with E-state index in [-0.39, 0.29) is 30.7 Å². The lowest BCUT2D eigenvalue weighted by Crippen LogP contribution is -2.36. The molecule has 0 unspecified atom stereocenters. The Morgan fingerprint density at radius 2 is 1.38 bits per heavy atom. The third-order valence-corrected chi connectivity index (χ3v) is 6.19. The van der Waals surface area contributed by atoms with Crippen molar-refractivity contribution in [2.75, 3.05) is 31.2 Å². The molecule has 0 aliphatic carbocycles. The fourth-order valence-corrected chi connectivity index (χ4v) is 4.24. The lowest BCUT2D eigenvalue weighted by molar-refractivity contribution is -0.143. The Kier molecular flexibility index (Phi) is 8.31. The number of halogens is 9. The Morgan fingerprint density at radius 3 is 1.90 bits per heavy atom. The van der Waals surface area contributed by atoms with Crippen LogP contribution in [0.5, 0.6) is 0 Å². The summed E-state index contributed by atoms with van der Waals surface area (Å²) in [6.45, 7) is 1.24. The molecule has 16 heteroatoms. The van der Waals surface area contributed by atoms with Crippen LogP contribution in [-0.4, -0.2) is 51.4 Å². The van der Waals surface area contributed by atoms with E-state index in [2.05, 4.69) is 15.4 Å². The Labute approximate surface area is 222 Å². The summed E-state index contributed by atoms with van der Waals surface area (Å²) in [4.78, 5) is 4.15. The number of morpholine rings is 1. The second-order valence-electron chi connectivity index (χ2n) is 9.22. The van der Waals surface area contributed by atoms with E-state index in [4.69, 9.17) is 4.74 Å². The molecule has 0 bridgehead atoms. The van der Waals surface area contributed by atoms with Crippen molar-refractivity contribution in [3.8, 4) is 0 Å². The molecule has 0 amide bonds. The Balaban J connectivity index is 1.75. The van der Waals surface area contributed by atoms with Crippen LogP contribution in [0.1, 0.15) is 33.4 Å². The van der Waals surface area contributed by atoms with Crippen LogP contribution in [0, 0.1) is 0 Å². The van der Waals surface area contributed by atoms with E-state index < -0.39 is 47.3 Å². The van der Waals surface area contributed by atoms with Gasteiger partial charge in [0.25, 0.3) is 5.95 Å². The zero-order chi connectivity index (χ0) is 29.3. The van der Waals surface area contributed by atoms with E-state index in [1.54, 1.807) is 0 Å². The molecule has 1 fully saturated rings. The zero-order valence-electron chi connectivity index (χ0n) is 20.9. The Hall–Kier alpha value is -3.40. The molecule has 2 aromatic carbocycles. The molecule has 0 spiro atoms. The first-order valence-corrected chi connectivity index (χ1v) is 11.9. The Bertz CT molecular complexity index is 1280. The maximum absolute atomic E-state index is 13.6. The van der Waals surface area contributed by atoms with Gasteiger partial charge in [-0.2, -0.15) is 44.3 Å². The normalized spacial score (nSPS) is 15.4. The number of hydrogen-bond donors (Lipinski definition) is 0. The minimum atomic E-state index is -5.07. The van der Waals surface area contributed by atoms with E-state index in [9.17, 15) is 39.5 Å². The number of rotatable bonds is 7. The molecular weight excluding hydrogens is 559 g/mol. The van der Waals surface area contributed by atoms with Crippen molar-refractivity contribution >= 4 is 5.95 Å². The molecule has 2 heterocycles. The summed E-state index contributed by atoms with van der Waals surface area (Å²) in [6, 6.07) is 4.25. The van der Waals surface area contributed by atoms with Gasteiger partial charge < -0.3 is 9.64 Å². The third-order valence-electron chi connectivity index (χ3n) is 6.19. The molecule has 0 N–H and O–H groups in total. The maximum Gasteiger partial charge on any atom is 0.416 e. The molecule has 4 rings (SSSR count). The van der Waals surface area contributed by atoms with Crippen molar-refractivity contribution < 1.29 is 44.3 Å². The van der Waals surface area contributed by atoms with Crippen LogP contribution < -0.4 is 4.90 Å². The molecule has 1 aliphatic heterocycles. The van der Waals surface area contributed by atoms with Crippen LogP contribution in [0.4, 0.5) is 45.5 Å². The lowest BCUT2D eigenvalue weighted by Gasteiger charge is -2.29. The summed E-state index contributed by atoms with van der Waals surface area (Å²) in [6.07, 6.45) is -14.8. The van der Waals surface area contributed by atoms with Gasteiger partial charge in [0.1, 0.15) is 0 Å². The van der Waals surface area contributed by atoms with Crippen molar-refractivity contribution in [3.05, 3.63) is 69.8 Å². The first kappa shape index (κ1) is 29.6. The van der Waals surface area contributed by atoms with Gasteiger partial charge in [-0.25, -0.2) is 0 Å². The third kappa shape index (κ3) is 7.41. The maximum atomic E-state index is 13.6. The SMILES string of the molecule is Cn1nnc(N(Cc2cc(C(F)(F)F)cc(C(F)(F)F)c2)Cc2cc(C(F)(F)F)ccc2CN2CCOCC2)n1. The van der Waals surface area contributed by atoms with Crippen molar-refractivity contribution in [2.24, 2.45) is 7.05 Å². The molecule has 1 saturated heterocycles. The molecule has 1 aromatic heterocycles. The van der Waals surface area contributed by atoms with E-state index >= 15 is 0 Å². The van der Waals surface area contributed by atoms with Gasteiger partial charge >= 0.3 is 18.5 Å². The molecule has 3 aromatic rings. The summed E-state index contributed by atoms with van der Waals surface area (Å²) in [7, 11) is 1.38. The highest BCUT2D eigenvalue weighted by atomic mass is 19.4. The highest BCUT2D eigenvalue weighted by Gasteiger charge is 2.37. The Morgan fingerprint density at radius 1 is 0.775 bits per heavy atom. The fraction of sp³-hybridized carbons (Fsp3) is 0.458. The summed E-state index contributed by atoms with van der Waals surface area (Å²) < 4.78 is 127. The molecule has 0 atom stereocenters. The minimum Gasteiger partial charge on any atom is -0.379 e. The van der Waals surface area contributed by atoms with Crippen LogP contribution in [-0.2, 0) is 49.9 Å². The summed E-state index contributed by atoms with van der Waals surface area (Å²) >= 11 is 0. The summed E-state index contributed by atoms with van der Waals surface area (Å²) in [5.41, 5.74) is -3.75. The van der Waals surface area contributed by atoms with Crippen molar-refractivity contribution in [3.63, 3.8) is 0 Å². The highest BCUT2D eigenvalue weighted by Crippen LogP contribution is 2.37.